The molecule has 0 aromatic carbocycles. The molecule has 0 aliphatic heterocycles. The second-order valence-electron chi connectivity index (χ2n) is 6.06. The van der Waals surface area contributed by atoms with Crippen molar-refractivity contribution in [1.29, 1.82) is 0 Å². The molecule has 1 aliphatic carbocycles. The Morgan fingerprint density at radius 2 is 2.06 bits per heavy atom. The van der Waals surface area contributed by atoms with Crippen molar-refractivity contribution in [2.24, 2.45) is 11.3 Å². The van der Waals surface area contributed by atoms with Crippen LogP contribution in [0.1, 0.15) is 59.8 Å². The van der Waals surface area contributed by atoms with Crippen molar-refractivity contribution >= 4 is 0 Å². The summed E-state index contributed by atoms with van der Waals surface area (Å²) >= 11 is 0. The van der Waals surface area contributed by atoms with Crippen molar-refractivity contribution in [3.8, 4) is 0 Å². The third-order valence-corrected chi connectivity index (χ3v) is 4.23. The Morgan fingerprint density at radius 1 is 1.29 bits per heavy atom. The molecule has 0 spiro atoms. The quantitative estimate of drug-likeness (QED) is 0.735. The summed E-state index contributed by atoms with van der Waals surface area (Å²) in [6.45, 7) is 12.0. The summed E-state index contributed by atoms with van der Waals surface area (Å²) in [5, 5.41) is 3.70. The molecule has 17 heavy (non-hydrogen) atoms. The van der Waals surface area contributed by atoms with Gasteiger partial charge in [0.05, 0.1) is 6.61 Å². The normalized spacial score (nSPS) is 25.8. The highest BCUT2D eigenvalue weighted by Crippen LogP contribution is 2.42. The van der Waals surface area contributed by atoms with Crippen LogP contribution in [0, 0.1) is 11.3 Å². The van der Waals surface area contributed by atoms with Crippen molar-refractivity contribution < 1.29 is 4.74 Å². The van der Waals surface area contributed by atoms with E-state index in [-0.39, 0.29) is 0 Å². The van der Waals surface area contributed by atoms with Gasteiger partial charge in [-0.25, -0.2) is 0 Å². The third-order valence-electron chi connectivity index (χ3n) is 4.23. The molecule has 0 aromatic rings. The predicted octanol–water partition coefficient (Wildman–Crippen LogP) is 3.61. The first-order chi connectivity index (χ1) is 8.11. The highest BCUT2D eigenvalue weighted by Gasteiger charge is 2.37. The van der Waals surface area contributed by atoms with E-state index in [0.717, 1.165) is 25.7 Å². The van der Waals surface area contributed by atoms with Crippen LogP contribution < -0.4 is 5.32 Å². The predicted molar refractivity (Wildman–Crippen MR) is 74.3 cm³/mol. The van der Waals surface area contributed by atoms with Crippen LogP contribution >= 0.6 is 0 Å². The molecule has 2 unspecified atom stereocenters. The Balaban J connectivity index is 2.58. The van der Waals surface area contributed by atoms with Crippen LogP contribution in [0.15, 0.2) is 0 Å². The van der Waals surface area contributed by atoms with E-state index in [4.69, 9.17) is 4.74 Å². The van der Waals surface area contributed by atoms with Gasteiger partial charge in [-0.2, -0.15) is 0 Å². The molecule has 1 saturated carbocycles. The van der Waals surface area contributed by atoms with Gasteiger partial charge in [-0.05, 0) is 44.1 Å². The van der Waals surface area contributed by atoms with Crippen LogP contribution in [-0.4, -0.2) is 25.8 Å². The molecule has 2 heteroatoms. The highest BCUT2D eigenvalue weighted by molar-refractivity contribution is 4.90. The Bertz CT molecular complexity index is 195. The molecule has 0 heterocycles. The van der Waals surface area contributed by atoms with Gasteiger partial charge < -0.3 is 10.1 Å². The largest absolute Gasteiger partial charge is 0.380 e. The van der Waals surface area contributed by atoms with E-state index in [9.17, 15) is 0 Å². The molecule has 0 saturated heterocycles. The van der Waals surface area contributed by atoms with Gasteiger partial charge in [0, 0.05) is 12.6 Å². The number of ether oxygens (including phenoxy) is 1. The van der Waals surface area contributed by atoms with E-state index in [1.165, 1.54) is 32.1 Å². The molecule has 1 rings (SSSR count). The van der Waals surface area contributed by atoms with Gasteiger partial charge in [0.2, 0.25) is 0 Å². The summed E-state index contributed by atoms with van der Waals surface area (Å²) in [5.74, 6) is 0.773. The van der Waals surface area contributed by atoms with Gasteiger partial charge in [-0.1, -0.05) is 33.6 Å². The number of nitrogens with one attached hydrogen (secondary N) is 1. The lowest BCUT2D eigenvalue weighted by atomic mass is 9.66. The van der Waals surface area contributed by atoms with Gasteiger partial charge >= 0.3 is 0 Å². The molecule has 1 N–H and O–H groups in total. The van der Waals surface area contributed by atoms with Gasteiger partial charge in [0.25, 0.3) is 0 Å². The maximum Gasteiger partial charge on any atom is 0.0622 e. The average Bonchev–Trinajstić information content (AvgIpc) is 2.30. The minimum absolute atomic E-state index is 0.473. The van der Waals surface area contributed by atoms with E-state index in [2.05, 4.69) is 33.0 Å². The lowest BCUT2D eigenvalue weighted by Crippen LogP contribution is -2.47. The Labute approximate surface area is 108 Å². The molecule has 0 amide bonds. The SMILES string of the molecule is CCCNC(COCC)C1CCCCC1(C)C. The minimum Gasteiger partial charge on any atom is -0.380 e. The third kappa shape index (κ3) is 4.59. The zero-order valence-corrected chi connectivity index (χ0v) is 12.2. The topological polar surface area (TPSA) is 21.3 Å². The van der Waals surface area contributed by atoms with Crippen LogP contribution in [0.5, 0.6) is 0 Å². The van der Waals surface area contributed by atoms with Gasteiger partial charge in [0.1, 0.15) is 0 Å². The summed E-state index contributed by atoms with van der Waals surface area (Å²) in [4.78, 5) is 0. The van der Waals surface area contributed by atoms with Crippen LogP contribution in [0.3, 0.4) is 0 Å². The molecule has 102 valence electrons. The highest BCUT2D eigenvalue weighted by atomic mass is 16.5. The summed E-state index contributed by atoms with van der Waals surface area (Å²) < 4.78 is 5.68. The molecular weight excluding hydrogens is 210 g/mol. The first-order valence-electron chi connectivity index (χ1n) is 7.43. The number of hydrogen-bond acceptors (Lipinski definition) is 2. The van der Waals surface area contributed by atoms with Gasteiger partial charge in [-0.15, -0.1) is 0 Å². The monoisotopic (exact) mass is 241 g/mol. The second kappa shape index (κ2) is 7.38. The molecular formula is C15H31NO. The number of hydrogen-bond donors (Lipinski definition) is 1. The lowest BCUT2D eigenvalue weighted by molar-refractivity contribution is 0.0404. The van der Waals surface area contributed by atoms with Crippen molar-refractivity contribution in [3.63, 3.8) is 0 Å². The van der Waals surface area contributed by atoms with Crippen LogP contribution in [0.2, 0.25) is 0 Å². The van der Waals surface area contributed by atoms with E-state index < -0.39 is 0 Å². The fraction of sp³-hybridized carbons (Fsp3) is 1.00. The maximum atomic E-state index is 5.68. The van der Waals surface area contributed by atoms with E-state index in [1.807, 2.05) is 0 Å². The summed E-state index contributed by atoms with van der Waals surface area (Å²) in [7, 11) is 0. The Morgan fingerprint density at radius 3 is 2.65 bits per heavy atom. The van der Waals surface area contributed by atoms with E-state index in [0.29, 0.717) is 11.5 Å². The minimum atomic E-state index is 0.473. The molecule has 2 nitrogen and oxygen atoms in total. The summed E-state index contributed by atoms with van der Waals surface area (Å²) in [5.41, 5.74) is 0.473. The molecule has 0 bridgehead atoms. The Kier molecular flexibility index (Phi) is 6.50. The maximum absolute atomic E-state index is 5.68. The fourth-order valence-corrected chi connectivity index (χ4v) is 3.16. The standard InChI is InChI=1S/C15H31NO/c1-5-11-16-14(12-17-6-2)13-9-7-8-10-15(13,3)4/h13-14,16H,5-12H2,1-4H3. The van der Waals surface area contributed by atoms with E-state index >= 15 is 0 Å². The van der Waals surface area contributed by atoms with E-state index in [1.54, 1.807) is 0 Å². The Hall–Kier alpha value is -0.0800. The fourth-order valence-electron chi connectivity index (χ4n) is 3.16. The number of rotatable bonds is 7. The first-order valence-corrected chi connectivity index (χ1v) is 7.43. The van der Waals surface area contributed by atoms with Crippen molar-refractivity contribution in [1.82, 2.24) is 5.32 Å². The first kappa shape index (κ1) is 15.0. The lowest BCUT2D eigenvalue weighted by Gasteiger charge is -2.43. The van der Waals surface area contributed by atoms with Gasteiger partial charge in [-0.3, -0.25) is 0 Å². The van der Waals surface area contributed by atoms with Crippen molar-refractivity contribution in [3.05, 3.63) is 0 Å². The summed E-state index contributed by atoms with van der Waals surface area (Å²) in [6.07, 6.45) is 6.73. The zero-order chi connectivity index (χ0) is 12.7. The smallest absolute Gasteiger partial charge is 0.0622 e. The molecule has 1 fully saturated rings. The van der Waals surface area contributed by atoms with Crippen LogP contribution in [0.25, 0.3) is 0 Å². The van der Waals surface area contributed by atoms with Crippen LogP contribution in [0.4, 0.5) is 0 Å². The summed E-state index contributed by atoms with van der Waals surface area (Å²) in [6, 6.07) is 0.546. The molecule has 1 aliphatic rings. The second-order valence-corrected chi connectivity index (χ2v) is 6.06. The van der Waals surface area contributed by atoms with Crippen molar-refractivity contribution in [2.45, 2.75) is 65.8 Å². The molecule has 0 aromatic heterocycles. The molecule has 2 atom stereocenters. The molecule has 0 radical (unpaired) electrons. The zero-order valence-electron chi connectivity index (χ0n) is 12.2. The van der Waals surface area contributed by atoms with Crippen molar-refractivity contribution in [2.75, 3.05) is 19.8 Å². The van der Waals surface area contributed by atoms with Gasteiger partial charge in [0.15, 0.2) is 0 Å². The average molecular weight is 241 g/mol. The van der Waals surface area contributed by atoms with Crippen LogP contribution in [-0.2, 0) is 4.74 Å².